The van der Waals surface area contributed by atoms with E-state index in [1.54, 1.807) is 0 Å². The zero-order valence-corrected chi connectivity index (χ0v) is 17.3. The second kappa shape index (κ2) is 7.56. The Balaban J connectivity index is 1.86. The molecule has 2 rings (SSSR count). The molecule has 4 heteroatoms. The van der Waals surface area contributed by atoms with E-state index in [0.717, 1.165) is 45.3 Å². The third-order valence-electron chi connectivity index (χ3n) is 6.07. The molecule has 1 heterocycles. The van der Waals surface area contributed by atoms with E-state index in [4.69, 9.17) is 0 Å². The quantitative estimate of drug-likeness (QED) is 0.815. The highest BCUT2D eigenvalue weighted by atomic mass is 16.3. The molecule has 0 radical (unpaired) electrons. The Morgan fingerprint density at radius 1 is 1.20 bits per heavy atom. The van der Waals surface area contributed by atoms with E-state index >= 15 is 0 Å². The minimum absolute atomic E-state index is 0.125. The van der Waals surface area contributed by atoms with Gasteiger partial charge in [-0.2, -0.15) is 0 Å². The Hall–Kier alpha value is -0.610. The van der Waals surface area contributed by atoms with Crippen molar-refractivity contribution in [3.05, 3.63) is 0 Å². The summed E-state index contributed by atoms with van der Waals surface area (Å²) in [5, 5.41) is 13.9. The number of carbonyl (C=O) groups excluding carboxylic acids is 1. The van der Waals surface area contributed by atoms with E-state index in [2.05, 4.69) is 26.1 Å². The summed E-state index contributed by atoms with van der Waals surface area (Å²) in [7, 11) is 0. The van der Waals surface area contributed by atoms with Crippen LogP contribution in [0.3, 0.4) is 0 Å². The molecule has 0 spiro atoms. The average Bonchev–Trinajstić information content (AvgIpc) is 2.50. The van der Waals surface area contributed by atoms with Crippen LogP contribution in [0.15, 0.2) is 0 Å². The molecule has 2 fully saturated rings. The third kappa shape index (κ3) is 5.43. The predicted octanol–water partition coefficient (Wildman–Crippen LogP) is 3.44. The SMILES string of the molecule is CC1CC(C)(C)CC(CO)(NCC2CCN(C(=O)C(C)(C)C)CC2)C1. The molecule has 25 heavy (non-hydrogen) atoms. The second-order valence-electron chi connectivity index (χ2n) is 10.7. The normalized spacial score (nSPS) is 31.2. The number of hydrogen-bond acceptors (Lipinski definition) is 3. The number of likely N-dealkylation sites (tertiary alicyclic amines) is 1. The van der Waals surface area contributed by atoms with E-state index in [0.29, 0.717) is 11.8 Å². The number of nitrogens with one attached hydrogen (secondary N) is 1. The number of piperidine rings is 1. The molecule has 1 saturated heterocycles. The average molecular weight is 353 g/mol. The van der Waals surface area contributed by atoms with Crippen molar-refractivity contribution in [2.24, 2.45) is 22.7 Å². The van der Waals surface area contributed by atoms with E-state index in [1.165, 1.54) is 6.42 Å². The number of carbonyl (C=O) groups is 1. The summed E-state index contributed by atoms with van der Waals surface area (Å²) in [6.45, 7) is 15.9. The number of hydrogen-bond donors (Lipinski definition) is 2. The van der Waals surface area contributed by atoms with Crippen LogP contribution < -0.4 is 5.32 Å². The summed E-state index contributed by atoms with van der Waals surface area (Å²) in [5.74, 6) is 1.52. The number of nitrogens with zero attached hydrogens (tertiary/aromatic N) is 1. The zero-order valence-electron chi connectivity index (χ0n) is 17.3. The largest absolute Gasteiger partial charge is 0.394 e. The second-order valence-corrected chi connectivity index (χ2v) is 10.7. The van der Waals surface area contributed by atoms with Gasteiger partial charge < -0.3 is 15.3 Å². The minimum Gasteiger partial charge on any atom is -0.394 e. The highest BCUT2D eigenvalue weighted by Crippen LogP contribution is 2.43. The van der Waals surface area contributed by atoms with Gasteiger partial charge in [0.15, 0.2) is 0 Å². The molecule has 146 valence electrons. The van der Waals surface area contributed by atoms with Crippen LogP contribution in [-0.2, 0) is 4.79 Å². The van der Waals surface area contributed by atoms with Gasteiger partial charge in [0.2, 0.25) is 5.91 Å². The summed E-state index contributed by atoms with van der Waals surface area (Å²) in [6, 6.07) is 0. The van der Waals surface area contributed by atoms with Crippen LogP contribution in [-0.4, -0.2) is 47.7 Å². The van der Waals surface area contributed by atoms with Gasteiger partial charge in [-0.3, -0.25) is 4.79 Å². The summed E-state index contributed by atoms with van der Waals surface area (Å²) in [4.78, 5) is 14.4. The fourth-order valence-corrected chi connectivity index (χ4v) is 5.23. The maximum Gasteiger partial charge on any atom is 0.227 e. The van der Waals surface area contributed by atoms with Gasteiger partial charge in [0.05, 0.1) is 6.61 Å². The molecule has 2 aliphatic rings. The molecular weight excluding hydrogens is 312 g/mol. The van der Waals surface area contributed by atoms with Crippen molar-refractivity contribution in [3.63, 3.8) is 0 Å². The van der Waals surface area contributed by atoms with E-state index in [1.807, 2.05) is 25.7 Å². The Bertz CT molecular complexity index is 461. The van der Waals surface area contributed by atoms with Crippen molar-refractivity contribution in [2.75, 3.05) is 26.2 Å². The van der Waals surface area contributed by atoms with Crippen LogP contribution in [0.5, 0.6) is 0 Å². The first-order valence-electron chi connectivity index (χ1n) is 10.1. The molecule has 1 aliphatic heterocycles. The molecule has 1 amide bonds. The van der Waals surface area contributed by atoms with Crippen LogP contribution in [0.4, 0.5) is 0 Å². The lowest BCUT2D eigenvalue weighted by Crippen LogP contribution is -2.56. The Labute approximate surface area is 154 Å². The Kier molecular flexibility index (Phi) is 6.26. The lowest BCUT2D eigenvalue weighted by Gasteiger charge is -2.48. The van der Waals surface area contributed by atoms with Crippen molar-refractivity contribution in [2.45, 2.75) is 79.2 Å². The maximum absolute atomic E-state index is 12.4. The maximum atomic E-state index is 12.4. The summed E-state index contributed by atoms with van der Waals surface area (Å²) >= 11 is 0. The van der Waals surface area contributed by atoms with E-state index < -0.39 is 0 Å². The standard InChI is InChI=1S/C21H40N2O2/c1-16-11-20(5,6)14-21(12-16,15-24)22-13-17-7-9-23(10-8-17)18(25)19(2,3)4/h16-17,22,24H,7-15H2,1-6H3. The van der Waals surface area contributed by atoms with E-state index in [-0.39, 0.29) is 28.9 Å². The molecule has 0 aromatic heterocycles. The molecule has 1 saturated carbocycles. The summed E-state index contributed by atoms with van der Waals surface area (Å²) < 4.78 is 0. The molecule has 2 atom stereocenters. The predicted molar refractivity (Wildman–Crippen MR) is 103 cm³/mol. The van der Waals surface area contributed by atoms with Gasteiger partial charge in [0, 0.05) is 24.0 Å². The van der Waals surface area contributed by atoms with Crippen molar-refractivity contribution in [1.29, 1.82) is 0 Å². The molecule has 2 unspecified atom stereocenters. The third-order valence-corrected chi connectivity index (χ3v) is 6.07. The fraction of sp³-hybridized carbons (Fsp3) is 0.952. The number of aliphatic hydroxyl groups excluding tert-OH is 1. The molecule has 0 bridgehead atoms. The van der Waals surface area contributed by atoms with Crippen molar-refractivity contribution >= 4 is 5.91 Å². The van der Waals surface area contributed by atoms with Crippen molar-refractivity contribution < 1.29 is 9.90 Å². The first-order chi connectivity index (χ1) is 11.5. The van der Waals surface area contributed by atoms with Gasteiger partial charge in [-0.25, -0.2) is 0 Å². The zero-order chi connectivity index (χ0) is 18.9. The fourth-order valence-electron chi connectivity index (χ4n) is 5.23. The molecule has 2 N–H and O–H groups in total. The molecule has 0 aromatic rings. The van der Waals surface area contributed by atoms with Gasteiger partial charge in [-0.15, -0.1) is 0 Å². The Morgan fingerprint density at radius 3 is 2.28 bits per heavy atom. The smallest absolute Gasteiger partial charge is 0.227 e. The van der Waals surface area contributed by atoms with Crippen LogP contribution in [0.25, 0.3) is 0 Å². The minimum atomic E-state index is -0.282. The summed E-state index contributed by atoms with van der Waals surface area (Å²) in [5.41, 5.74) is -0.120. The Morgan fingerprint density at radius 2 is 1.80 bits per heavy atom. The number of rotatable bonds is 4. The number of aliphatic hydroxyl groups is 1. The molecule has 1 aliphatic carbocycles. The van der Waals surface area contributed by atoms with Crippen LogP contribution in [0.2, 0.25) is 0 Å². The topological polar surface area (TPSA) is 52.6 Å². The first kappa shape index (κ1) is 20.7. The lowest BCUT2D eigenvalue weighted by molar-refractivity contribution is -0.140. The monoisotopic (exact) mass is 352 g/mol. The van der Waals surface area contributed by atoms with Crippen LogP contribution in [0, 0.1) is 22.7 Å². The highest BCUT2D eigenvalue weighted by Gasteiger charge is 2.42. The van der Waals surface area contributed by atoms with Crippen LogP contribution in [0.1, 0.15) is 73.6 Å². The van der Waals surface area contributed by atoms with Crippen molar-refractivity contribution in [1.82, 2.24) is 10.2 Å². The van der Waals surface area contributed by atoms with Gasteiger partial charge in [-0.05, 0) is 55.9 Å². The van der Waals surface area contributed by atoms with Gasteiger partial charge >= 0.3 is 0 Å². The highest BCUT2D eigenvalue weighted by molar-refractivity contribution is 5.81. The number of amides is 1. The molecule has 0 aromatic carbocycles. The van der Waals surface area contributed by atoms with Crippen LogP contribution >= 0.6 is 0 Å². The van der Waals surface area contributed by atoms with Gasteiger partial charge in [-0.1, -0.05) is 41.5 Å². The van der Waals surface area contributed by atoms with Crippen molar-refractivity contribution in [3.8, 4) is 0 Å². The molecular formula is C21H40N2O2. The first-order valence-corrected chi connectivity index (χ1v) is 10.1. The summed E-state index contributed by atoms with van der Waals surface area (Å²) in [6.07, 6.45) is 5.48. The lowest BCUT2D eigenvalue weighted by atomic mass is 9.64. The van der Waals surface area contributed by atoms with Gasteiger partial charge in [0.1, 0.15) is 0 Å². The van der Waals surface area contributed by atoms with Gasteiger partial charge in [0.25, 0.3) is 0 Å². The molecule has 4 nitrogen and oxygen atoms in total. The van der Waals surface area contributed by atoms with E-state index in [9.17, 15) is 9.90 Å².